The molecule has 0 aromatic heterocycles. The first kappa shape index (κ1) is 20.5. The maximum atomic E-state index is 12.1. The largest absolute Gasteiger partial charge is 0.375 e. The maximum Gasteiger partial charge on any atom is 0.144 e. The number of fused-ring (bicyclic) bond motifs is 2. The lowest BCUT2D eigenvalue weighted by molar-refractivity contribution is -0.131. The summed E-state index contributed by atoms with van der Waals surface area (Å²) in [5, 5.41) is 0. The van der Waals surface area contributed by atoms with E-state index in [1.807, 2.05) is 0 Å². The van der Waals surface area contributed by atoms with Crippen LogP contribution in [0.5, 0.6) is 0 Å². The molecular formula is C24H32O6. The van der Waals surface area contributed by atoms with Crippen LogP contribution in [0.25, 0.3) is 0 Å². The number of hydrogen-bond donors (Lipinski definition) is 0. The first-order valence-corrected chi connectivity index (χ1v) is 11.9. The molecule has 5 saturated carbocycles. The highest BCUT2D eigenvalue weighted by Crippen LogP contribution is 2.42. The molecule has 0 heterocycles. The van der Waals surface area contributed by atoms with E-state index in [9.17, 15) is 19.2 Å². The molecule has 0 radical (unpaired) electrons. The van der Waals surface area contributed by atoms with Gasteiger partial charge in [-0.3, -0.25) is 19.2 Å². The van der Waals surface area contributed by atoms with E-state index in [0.29, 0.717) is 12.8 Å². The fourth-order valence-corrected chi connectivity index (χ4v) is 6.71. The highest BCUT2D eigenvalue weighted by molar-refractivity contribution is 6.09. The SMILES string of the molecule is O=C1CC(=O)C2CC(OC3CCC(OC4CCC5C(=O)CC(=O)C5C4)CC3)CCC12. The van der Waals surface area contributed by atoms with E-state index in [-0.39, 0.29) is 84.1 Å². The van der Waals surface area contributed by atoms with Gasteiger partial charge in [-0.1, -0.05) is 0 Å². The van der Waals surface area contributed by atoms with Crippen molar-refractivity contribution in [3.63, 3.8) is 0 Å². The zero-order valence-corrected chi connectivity index (χ0v) is 17.6. The average Bonchev–Trinajstić information content (AvgIpc) is 3.18. The molecule has 6 nitrogen and oxygen atoms in total. The molecule has 6 unspecified atom stereocenters. The van der Waals surface area contributed by atoms with Crippen molar-refractivity contribution in [3.05, 3.63) is 0 Å². The molecule has 6 heteroatoms. The van der Waals surface area contributed by atoms with Crippen molar-refractivity contribution in [2.75, 3.05) is 0 Å². The van der Waals surface area contributed by atoms with Crippen molar-refractivity contribution in [1.82, 2.24) is 0 Å². The fraction of sp³-hybridized carbons (Fsp3) is 0.833. The Bertz CT molecular complexity index is 674. The summed E-state index contributed by atoms with van der Waals surface area (Å²) in [6.07, 6.45) is 9.50. The molecular weight excluding hydrogens is 384 g/mol. The number of hydrogen-bond acceptors (Lipinski definition) is 6. The van der Waals surface area contributed by atoms with Gasteiger partial charge < -0.3 is 9.47 Å². The van der Waals surface area contributed by atoms with E-state index in [4.69, 9.17) is 9.47 Å². The Hall–Kier alpha value is -1.40. The Morgan fingerprint density at radius 3 is 1.17 bits per heavy atom. The lowest BCUT2D eigenvalue weighted by atomic mass is 9.79. The molecule has 0 bridgehead atoms. The predicted molar refractivity (Wildman–Crippen MR) is 107 cm³/mol. The summed E-state index contributed by atoms with van der Waals surface area (Å²) in [6.45, 7) is 0. The van der Waals surface area contributed by atoms with Gasteiger partial charge in [0.05, 0.1) is 37.3 Å². The maximum absolute atomic E-state index is 12.1. The Morgan fingerprint density at radius 2 is 0.767 bits per heavy atom. The minimum atomic E-state index is -0.101. The van der Waals surface area contributed by atoms with Gasteiger partial charge in [0.15, 0.2) is 0 Å². The van der Waals surface area contributed by atoms with Crippen LogP contribution < -0.4 is 0 Å². The quantitative estimate of drug-likeness (QED) is 0.655. The molecule has 5 aliphatic rings. The summed E-state index contributed by atoms with van der Waals surface area (Å²) in [5.41, 5.74) is 0. The smallest absolute Gasteiger partial charge is 0.144 e. The van der Waals surface area contributed by atoms with Crippen LogP contribution in [0.4, 0.5) is 0 Å². The Balaban J connectivity index is 1.06. The second-order valence-electron chi connectivity index (χ2n) is 10.2. The standard InChI is InChI=1S/C24H32O6/c25-21-11-23(27)19-9-15(5-7-17(19)21)29-13-1-2-14(4-3-13)30-16-6-8-18-20(10-16)24(28)12-22(18)26/h13-20H,1-12H2. The van der Waals surface area contributed by atoms with Crippen LogP contribution in [0.15, 0.2) is 0 Å². The van der Waals surface area contributed by atoms with Gasteiger partial charge in [-0.15, -0.1) is 0 Å². The minimum absolute atomic E-state index is 0.0429. The Morgan fingerprint density at radius 1 is 0.433 bits per heavy atom. The van der Waals surface area contributed by atoms with Crippen LogP contribution in [0.1, 0.15) is 77.0 Å². The summed E-state index contributed by atoms with van der Waals surface area (Å²) >= 11 is 0. The van der Waals surface area contributed by atoms with Crippen LogP contribution in [-0.2, 0) is 28.7 Å². The highest BCUT2D eigenvalue weighted by Gasteiger charge is 2.47. The molecule has 0 spiro atoms. The third-order valence-corrected chi connectivity index (χ3v) is 8.35. The van der Waals surface area contributed by atoms with E-state index in [1.54, 1.807) is 0 Å². The Kier molecular flexibility index (Phi) is 5.65. The van der Waals surface area contributed by atoms with E-state index >= 15 is 0 Å². The normalized spacial score (nSPS) is 44.3. The van der Waals surface area contributed by atoms with Crippen LogP contribution in [0.3, 0.4) is 0 Å². The fourth-order valence-electron chi connectivity index (χ4n) is 6.71. The minimum Gasteiger partial charge on any atom is -0.375 e. The first-order valence-electron chi connectivity index (χ1n) is 11.9. The van der Waals surface area contributed by atoms with Crippen LogP contribution >= 0.6 is 0 Å². The molecule has 5 fully saturated rings. The lowest BCUT2D eigenvalue weighted by Crippen LogP contribution is -2.37. The number of carbonyl (C=O) groups excluding carboxylic acids is 4. The first-order chi connectivity index (χ1) is 14.5. The van der Waals surface area contributed by atoms with Gasteiger partial charge in [-0.05, 0) is 64.2 Å². The molecule has 5 aliphatic carbocycles. The van der Waals surface area contributed by atoms with Gasteiger partial charge in [0.1, 0.15) is 23.1 Å². The zero-order valence-electron chi connectivity index (χ0n) is 17.6. The second kappa shape index (κ2) is 8.27. The van der Waals surface area contributed by atoms with Gasteiger partial charge in [-0.2, -0.15) is 0 Å². The third-order valence-electron chi connectivity index (χ3n) is 8.35. The van der Waals surface area contributed by atoms with Crippen molar-refractivity contribution in [2.24, 2.45) is 23.7 Å². The van der Waals surface area contributed by atoms with Crippen LogP contribution in [-0.4, -0.2) is 47.5 Å². The molecule has 0 N–H and O–H groups in total. The topological polar surface area (TPSA) is 86.7 Å². The van der Waals surface area contributed by atoms with Crippen molar-refractivity contribution in [1.29, 1.82) is 0 Å². The van der Waals surface area contributed by atoms with Crippen molar-refractivity contribution >= 4 is 23.1 Å². The van der Waals surface area contributed by atoms with Gasteiger partial charge in [-0.25, -0.2) is 0 Å². The Labute approximate surface area is 177 Å². The molecule has 0 saturated heterocycles. The van der Waals surface area contributed by atoms with E-state index < -0.39 is 0 Å². The summed E-state index contributed by atoms with van der Waals surface area (Å²) in [5.74, 6) is 0.225. The van der Waals surface area contributed by atoms with Crippen molar-refractivity contribution in [3.8, 4) is 0 Å². The number of Topliss-reactive ketones (excluding diaryl/α,β-unsaturated/α-hetero) is 4. The zero-order chi connectivity index (χ0) is 20.8. The van der Waals surface area contributed by atoms with E-state index in [1.165, 1.54) is 0 Å². The monoisotopic (exact) mass is 416 g/mol. The van der Waals surface area contributed by atoms with Gasteiger partial charge in [0.2, 0.25) is 0 Å². The molecule has 0 aromatic rings. The average molecular weight is 417 g/mol. The van der Waals surface area contributed by atoms with Gasteiger partial charge in [0.25, 0.3) is 0 Å². The van der Waals surface area contributed by atoms with Crippen LogP contribution in [0.2, 0.25) is 0 Å². The molecule has 6 atom stereocenters. The molecule has 5 rings (SSSR count). The molecule has 0 aliphatic heterocycles. The van der Waals surface area contributed by atoms with Crippen LogP contribution in [0, 0.1) is 23.7 Å². The summed E-state index contributed by atoms with van der Waals surface area (Å²) < 4.78 is 12.7. The third kappa shape index (κ3) is 3.93. The highest BCUT2D eigenvalue weighted by atomic mass is 16.5. The number of ketones is 4. The number of rotatable bonds is 4. The number of carbonyl (C=O) groups is 4. The lowest BCUT2D eigenvalue weighted by Gasteiger charge is -2.37. The predicted octanol–water partition coefficient (Wildman–Crippen LogP) is 2.98. The summed E-state index contributed by atoms with van der Waals surface area (Å²) in [4.78, 5) is 47.9. The van der Waals surface area contributed by atoms with E-state index in [0.717, 1.165) is 51.4 Å². The van der Waals surface area contributed by atoms with Gasteiger partial charge in [0, 0.05) is 23.7 Å². The summed E-state index contributed by atoms with van der Waals surface area (Å²) in [7, 11) is 0. The summed E-state index contributed by atoms with van der Waals surface area (Å²) in [6, 6.07) is 0. The molecule has 30 heavy (non-hydrogen) atoms. The van der Waals surface area contributed by atoms with Gasteiger partial charge >= 0.3 is 0 Å². The molecule has 0 aromatic carbocycles. The van der Waals surface area contributed by atoms with E-state index in [2.05, 4.69) is 0 Å². The molecule has 164 valence electrons. The van der Waals surface area contributed by atoms with Crippen molar-refractivity contribution < 1.29 is 28.7 Å². The second-order valence-corrected chi connectivity index (χ2v) is 10.2. The molecule has 0 amide bonds. The number of ether oxygens (including phenoxy) is 2. The van der Waals surface area contributed by atoms with Crippen molar-refractivity contribution in [2.45, 2.75) is 101 Å².